The smallest absolute Gasteiger partial charge is 0.290 e. The van der Waals surface area contributed by atoms with Crippen LogP contribution in [0, 0.1) is 5.82 Å². The first-order valence-electron chi connectivity index (χ1n) is 10.1. The summed E-state index contributed by atoms with van der Waals surface area (Å²) in [6.45, 7) is 3.25. The van der Waals surface area contributed by atoms with E-state index in [1.54, 1.807) is 12.1 Å². The number of H-pyrrole nitrogens is 1. The van der Waals surface area contributed by atoms with Crippen molar-refractivity contribution in [3.8, 4) is 0 Å². The number of aromatic amines is 1. The van der Waals surface area contributed by atoms with Gasteiger partial charge in [-0.2, -0.15) is 0 Å². The summed E-state index contributed by atoms with van der Waals surface area (Å²) < 4.78 is 13.1. The Morgan fingerprint density at radius 1 is 1.24 bits per heavy atom. The highest BCUT2D eigenvalue weighted by molar-refractivity contribution is 5.94. The van der Waals surface area contributed by atoms with Gasteiger partial charge in [0.05, 0.1) is 17.1 Å². The Morgan fingerprint density at radius 2 is 2.03 bits per heavy atom. The minimum absolute atomic E-state index is 0.0326. The van der Waals surface area contributed by atoms with E-state index in [0.717, 1.165) is 41.6 Å². The summed E-state index contributed by atoms with van der Waals surface area (Å²) in [4.78, 5) is 22.6. The lowest BCUT2D eigenvalue weighted by Crippen LogP contribution is -2.41. The van der Waals surface area contributed by atoms with Crippen LogP contribution >= 0.6 is 0 Å². The van der Waals surface area contributed by atoms with Crippen molar-refractivity contribution >= 4 is 16.9 Å². The third kappa shape index (κ3) is 4.31. The fraction of sp³-hybridized carbons (Fsp3) is 0.304. The maximum Gasteiger partial charge on any atom is 0.290 e. The van der Waals surface area contributed by atoms with E-state index in [1.165, 1.54) is 12.1 Å². The number of imidazole rings is 1. The number of carbonyl (C=O) groups excluding carboxylic acids is 1. The van der Waals surface area contributed by atoms with E-state index in [-0.39, 0.29) is 17.8 Å². The highest BCUT2D eigenvalue weighted by Crippen LogP contribution is 2.23. The molecule has 0 radical (unpaired) electrons. The Kier molecular flexibility index (Phi) is 5.60. The summed E-state index contributed by atoms with van der Waals surface area (Å²) in [5.74, 6) is 0.0750. The van der Waals surface area contributed by atoms with Crippen LogP contribution in [0.4, 0.5) is 4.39 Å². The largest absolute Gasteiger partial charge is 0.384 e. The number of allylic oxidation sites excluding steroid dienone is 1. The molecule has 0 saturated carbocycles. The molecule has 0 unspecified atom stereocenters. The van der Waals surface area contributed by atoms with Crippen molar-refractivity contribution in [2.24, 2.45) is 0 Å². The first kappa shape index (κ1) is 19.2. The van der Waals surface area contributed by atoms with Gasteiger partial charge in [0.1, 0.15) is 5.82 Å². The Hall–Kier alpha value is -3.15. The van der Waals surface area contributed by atoms with Crippen molar-refractivity contribution < 1.29 is 9.18 Å². The highest BCUT2D eigenvalue weighted by atomic mass is 19.1. The number of aromatic nitrogens is 2. The monoisotopic (exact) mass is 392 g/mol. The predicted octanol–water partition coefficient (Wildman–Crippen LogP) is 4.39. The molecule has 1 heterocycles. The van der Waals surface area contributed by atoms with Crippen molar-refractivity contribution in [3.63, 3.8) is 0 Å². The van der Waals surface area contributed by atoms with Crippen molar-refractivity contribution in [2.75, 3.05) is 6.54 Å². The molecule has 0 bridgehead atoms. The molecule has 2 N–H and O–H groups in total. The molecule has 2 aromatic carbocycles. The molecule has 4 rings (SSSR count). The molecule has 1 aliphatic rings. The number of carbonyl (C=O) groups is 1. The Bertz CT molecular complexity index is 992. The third-order valence-corrected chi connectivity index (χ3v) is 5.37. The van der Waals surface area contributed by atoms with Gasteiger partial charge in [0.2, 0.25) is 0 Å². The zero-order valence-corrected chi connectivity index (χ0v) is 16.5. The van der Waals surface area contributed by atoms with Crippen LogP contribution in [0.25, 0.3) is 11.0 Å². The first-order chi connectivity index (χ1) is 14.1. The molecule has 1 aliphatic carbocycles. The fourth-order valence-corrected chi connectivity index (χ4v) is 3.83. The van der Waals surface area contributed by atoms with Gasteiger partial charge in [-0.3, -0.25) is 4.79 Å². The number of rotatable bonds is 6. The molecule has 6 heteroatoms. The number of hydrogen-bond acceptors (Lipinski definition) is 3. The van der Waals surface area contributed by atoms with Crippen LogP contribution in [0.3, 0.4) is 0 Å². The number of nitrogens with one attached hydrogen (secondary N) is 2. The molecular weight excluding hydrogens is 367 g/mol. The average molecular weight is 392 g/mol. The normalized spacial score (nSPS) is 16.5. The lowest BCUT2D eigenvalue weighted by Gasteiger charge is -2.32. The van der Waals surface area contributed by atoms with E-state index in [4.69, 9.17) is 0 Å². The molecule has 29 heavy (non-hydrogen) atoms. The van der Waals surface area contributed by atoms with Gasteiger partial charge >= 0.3 is 0 Å². The quantitative estimate of drug-likeness (QED) is 0.654. The molecule has 150 valence electrons. The highest BCUT2D eigenvalue weighted by Gasteiger charge is 2.26. The number of halogens is 1. The maximum absolute atomic E-state index is 13.1. The second-order valence-electron chi connectivity index (χ2n) is 7.33. The standard InChI is InChI=1S/C23H25FN4O/c1-2-28(23(29)22-26-20-8-3-4-9-21(20)27-22)19-7-5-6-18(14-19)25-15-16-10-12-17(24)13-11-16/h3-4,8-14,19,25H,2,5-7,15H2,1H3,(H,26,27)/t19-/m0/s1. The molecule has 1 aromatic heterocycles. The van der Waals surface area contributed by atoms with E-state index in [9.17, 15) is 9.18 Å². The number of para-hydroxylation sites is 2. The fourth-order valence-electron chi connectivity index (χ4n) is 3.83. The van der Waals surface area contributed by atoms with Crippen LogP contribution in [0.5, 0.6) is 0 Å². The van der Waals surface area contributed by atoms with E-state index in [0.29, 0.717) is 18.9 Å². The van der Waals surface area contributed by atoms with E-state index in [2.05, 4.69) is 21.4 Å². The summed E-state index contributed by atoms with van der Waals surface area (Å²) in [5.41, 5.74) is 3.82. The van der Waals surface area contributed by atoms with E-state index < -0.39 is 0 Å². The minimum atomic E-state index is -0.228. The summed E-state index contributed by atoms with van der Waals surface area (Å²) in [5, 5.41) is 3.44. The van der Waals surface area contributed by atoms with Gasteiger partial charge in [-0.05, 0) is 62.1 Å². The second-order valence-corrected chi connectivity index (χ2v) is 7.33. The van der Waals surface area contributed by atoms with Gasteiger partial charge in [0.25, 0.3) is 5.91 Å². The van der Waals surface area contributed by atoms with Gasteiger partial charge in [0.15, 0.2) is 5.82 Å². The number of benzene rings is 2. The van der Waals surface area contributed by atoms with Crippen LogP contribution in [-0.4, -0.2) is 33.4 Å². The van der Waals surface area contributed by atoms with Crippen LogP contribution in [0.2, 0.25) is 0 Å². The summed E-state index contributed by atoms with van der Waals surface area (Å²) >= 11 is 0. The van der Waals surface area contributed by atoms with Crippen molar-refractivity contribution in [1.82, 2.24) is 20.2 Å². The molecule has 0 saturated heterocycles. The lowest BCUT2D eigenvalue weighted by atomic mass is 9.98. The number of nitrogens with zero attached hydrogens (tertiary/aromatic N) is 2. The number of amides is 1. The molecule has 0 fully saturated rings. The van der Waals surface area contributed by atoms with Crippen LogP contribution < -0.4 is 5.32 Å². The maximum atomic E-state index is 13.1. The zero-order valence-electron chi connectivity index (χ0n) is 16.5. The molecule has 1 atom stereocenters. The van der Waals surface area contributed by atoms with Crippen molar-refractivity contribution in [2.45, 2.75) is 38.8 Å². The number of likely N-dealkylation sites (N-methyl/N-ethyl adjacent to an activating group) is 1. The Morgan fingerprint density at radius 3 is 2.79 bits per heavy atom. The molecule has 0 aliphatic heterocycles. The third-order valence-electron chi connectivity index (χ3n) is 5.37. The number of fused-ring (bicyclic) bond motifs is 1. The van der Waals surface area contributed by atoms with Crippen LogP contribution in [-0.2, 0) is 6.54 Å². The minimum Gasteiger partial charge on any atom is -0.384 e. The van der Waals surface area contributed by atoms with Gasteiger partial charge in [0, 0.05) is 18.8 Å². The Balaban J connectivity index is 1.47. The molecule has 3 aromatic rings. The van der Waals surface area contributed by atoms with Crippen molar-refractivity contribution in [1.29, 1.82) is 0 Å². The van der Waals surface area contributed by atoms with Gasteiger partial charge in [-0.1, -0.05) is 24.3 Å². The van der Waals surface area contributed by atoms with Gasteiger partial charge in [-0.15, -0.1) is 0 Å². The summed E-state index contributed by atoms with van der Waals surface area (Å²) in [6.07, 6.45) is 5.05. The first-order valence-corrected chi connectivity index (χ1v) is 10.1. The average Bonchev–Trinajstić information content (AvgIpc) is 3.18. The Labute approximate surface area is 169 Å². The lowest BCUT2D eigenvalue weighted by molar-refractivity contribution is 0.0700. The molecule has 1 amide bonds. The van der Waals surface area contributed by atoms with E-state index in [1.807, 2.05) is 36.1 Å². The summed E-state index contributed by atoms with van der Waals surface area (Å²) in [6, 6.07) is 14.2. The van der Waals surface area contributed by atoms with Crippen LogP contribution in [0.1, 0.15) is 42.4 Å². The predicted molar refractivity (Wildman–Crippen MR) is 112 cm³/mol. The molecule has 5 nitrogen and oxygen atoms in total. The SMILES string of the molecule is CCN(C(=O)c1nc2ccccc2[nH]1)[C@@H]1C=C(NCc2ccc(F)cc2)CCC1. The summed E-state index contributed by atoms with van der Waals surface area (Å²) in [7, 11) is 0. The van der Waals surface area contributed by atoms with E-state index >= 15 is 0 Å². The molecular formula is C23H25FN4O. The van der Waals surface area contributed by atoms with Gasteiger partial charge in [-0.25, -0.2) is 9.37 Å². The molecule has 0 spiro atoms. The van der Waals surface area contributed by atoms with Crippen LogP contribution in [0.15, 0.2) is 60.3 Å². The van der Waals surface area contributed by atoms with Crippen molar-refractivity contribution in [3.05, 3.63) is 77.5 Å². The van der Waals surface area contributed by atoms with Gasteiger partial charge < -0.3 is 15.2 Å². The zero-order chi connectivity index (χ0) is 20.2. The number of hydrogen-bond donors (Lipinski definition) is 2. The second kappa shape index (κ2) is 8.47. The topological polar surface area (TPSA) is 61.0 Å².